The lowest BCUT2D eigenvalue weighted by atomic mass is 10.0. The molecular formula is C20H18O4. The number of Topliss-reactive ketones (excluding diaryl/α,β-unsaturated/α-hetero) is 2. The summed E-state index contributed by atoms with van der Waals surface area (Å²) in [5.41, 5.74) is 3.34. The average Bonchev–Trinajstić information content (AvgIpc) is 2.82. The lowest BCUT2D eigenvalue weighted by Gasteiger charge is -2.07. The minimum absolute atomic E-state index is 0.00182. The summed E-state index contributed by atoms with van der Waals surface area (Å²) in [6, 6.07) is 11.2. The third-order valence-corrected chi connectivity index (χ3v) is 3.73. The molecule has 0 unspecified atom stereocenters. The van der Waals surface area contributed by atoms with Gasteiger partial charge in [-0.05, 0) is 44.0 Å². The lowest BCUT2D eigenvalue weighted by molar-refractivity contribution is -0.118. The first-order chi connectivity index (χ1) is 11.4. The number of allylic oxidation sites excluding steroid dienone is 1. The van der Waals surface area contributed by atoms with Crippen molar-refractivity contribution < 1.29 is 19.1 Å². The highest BCUT2D eigenvalue weighted by atomic mass is 16.5. The maximum Gasteiger partial charge on any atom is 0.232 e. The van der Waals surface area contributed by atoms with Crippen LogP contribution in [0, 0.1) is 13.8 Å². The van der Waals surface area contributed by atoms with Gasteiger partial charge in [-0.15, -0.1) is 0 Å². The molecule has 0 saturated heterocycles. The maximum absolute atomic E-state index is 12.6. The molecule has 0 saturated carbocycles. The Morgan fingerprint density at radius 1 is 1.21 bits per heavy atom. The number of benzene rings is 2. The van der Waals surface area contributed by atoms with Crippen molar-refractivity contribution in [3.63, 3.8) is 0 Å². The molecule has 1 aliphatic heterocycles. The smallest absolute Gasteiger partial charge is 0.232 e. The number of carbonyl (C=O) groups excluding carboxylic acids is 2. The topological polar surface area (TPSA) is 52.6 Å². The van der Waals surface area contributed by atoms with Crippen LogP contribution in [0.25, 0.3) is 6.08 Å². The van der Waals surface area contributed by atoms with E-state index in [2.05, 4.69) is 0 Å². The molecule has 4 heteroatoms. The molecule has 0 atom stereocenters. The summed E-state index contributed by atoms with van der Waals surface area (Å²) in [7, 11) is 0. The van der Waals surface area contributed by atoms with Gasteiger partial charge < -0.3 is 9.47 Å². The van der Waals surface area contributed by atoms with E-state index in [1.54, 1.807) is 18.2 Å². The van der Waals surface area contributed by atoms with E-state index in [1.165, 1.54) is 6.92 Å². The molecule has 1 heterocycles. The van der Waals surface area contributed by atoms with Gasteiger partial charge in [0, 0.05) is 6.07 Å². The van der Waals surface area contributed by atoms with Crippen molar-refractivity contribution in [2.45, 2.75) is 20.8 Å². The predicted molar refractivity (Wildman–Crippen MR) is 91.5 cm³/mol. The molecule has 0 spiro atoms. The molecule has 0 N–H and O–H groups in total. The molecule has 0 aliphatic carbocycles. The van der Waals surface area contributed by atoms with E-state index in [0.717, 1.165) is 16.7 Å². The highest BCUT2D eigenvalue weighted by Gasteiger charge is 2.30. The Hall–Kier alpha value is -2.88. The standard InChI is InChI=1S/C20H18O4/c1-12-5-4-6-15(7-12)9-18-20(22)19-13(2)8-16(10-17(19)24-18)23-11-14(3)21/h4-10H,11H2,1-3H3/b18-9-. The first-order valence-corrected chi connectivity index (χ1v) is 7.72. The third kappa shape index (κ3) is 3.23. The van der Waals surface area contributed by atoms with Crippen LogP contribution in [0.3, 0.4) is 0 Å². The molecule has 2 aromatic carbocycles. The number of aryl methyl sites for hydroxylation is 2. The van der Waals surface area contributed by atoms with Gasteiger partial charge in [-0.25, -0.2) is 0 Å². The highest BCUT2D eigenvalue weighted by molar-refractivity contribution is 6.15. The van der Waals surface area contributed by atoms with Gasteiger partial charge in [0.2, 0.25) is 5.78 Å². The Morgan fingerprint density at radius 3 is 2.71 bits per heavy atom. The van der Waals surface area contributed by atoms with E-state index >= 15 is 0 Å². The second-order valence-electron chi connectivity index (χ2n) is 5.96. The Labute approximate surface area is 140 Å². The second kappa shape index (κ2) is 6.32. The number of fused-ring (bicyclic) bond motifs is 1. The lowest BCUT2D eigenvalue weighted by Crippen LogP contribution is -2.06. The fraction of sp³-hybridized carbons (Fsp3) is 0.200. The SMILES string of the molecule is CC(=O)COc1cc(C)c2c(c1)O/C(=C\c1cccc(C)c1)C2=O. The zero-order chi connectivity index (χ0) is 17.3. The number of hydrogen-bond donors (Lipinski definition) is 0. The molecule has 122 valence electrons. The van der Waals surface area contributed by atoms with Gasteiger partial charge in [0.25, 0.3) is 0 Å². The fourth-order valence-electron chi connectivity index (χ4n) is 2.66. The van der Waals surface area contributed by atoms with Crippen molar-refractivity contribution in [1.29, 1.82) is 0 Å². The van der Waals surface area contributed by atoms with E-state index in [4.69, 9.17) is 9.47 Å². The maximum atomic E-state index is 12.6. The van der Waals surface area contributed by atoms with Gasteiger partial charge in [0.15, 0.2) is 11.5 Å². The number of carbonyl (C=O) groups is 2. The monoisotopic (exact) mass is 322 g/mol. The largest absolute Gasteiger partial charge is 0.486 e. The zero-order valence-corrected chi connectivity index (χ0v) is 13.9. The molecule has 4 nitrogen and oxygen atoms in total. The minimum Gasteiger partial charge on any atom is -0.486 e. The molecule has 2 aromatic rings. The van der Waals surface area contributed by atoms with Crippen LogP contribution in [0.15, 0.2) is 42.2 Å². The molecule has 0 radical (unpaired) electrons. The predicted octanol–water partition coefficient (Wildman–Crippen LogP) is 3.89. The Balaban J connectivity index is 1.92. The van der Waals surface area contributed by atoms with Crippen LogP contribution in [0.1, 0.15) is 34.0 Å². The van der Waals surface area contributed by atoms with Gasteiger partial charge in [-0.2, -0.15) is 0 Å². The zero-order valence-electron chi connectivity index (χ0n) is 13.9. The Morgan fingerprint density at radius 2 is 2.00 bits per heavy atom. The molecular weight excluding hydrogens is 304 g/mol. The normalized spacial score (nSPS) is 14.5. The molecule has 0 bridgehead atoms. The van der Waals surface area contributed by atoms with Gasteiger partial charge in [-0.1, -0.05) is 29.8 Å². The fourth-order valence-corrected chi connectivity index (χ4v) is 2.66. The summed E-state index contributed by atoms with van der Waals surface area (Å²) in [4.78, 5) is 23.6. The molecule has 0 aromatic heterocycles. The van der Waals surface area contributed by atoms with Crippen molar-refractivity contribution in [2.75, 3.05) is 6.61 Å². The van der Waals surface area contributed by atoms with Crippen LogP contribution >= 0.6 is 0 Å². The molecule has 24 heavy (non-hydrogen) atoms. The average molecular weight is 322 g/mol. The first-order valence-electron chi connectivity index (χ1n) is 7.72. The van der Waals surface area contributed by atoms with Crippen molar-refractivity contribution in [1.82, 2.24) is 0 Å². The van der Waals surface area contributed by atoms with E-state index in [1.807, 2.05) is 38.1 Å². The van der Waals surface area contributed by atoms with Crippen molar-refractivity contribution in [3.05, 3.63) is 64.4 Å². The van der Waals surface area contributed by atoms with E-state index in [0.29, 0.717) is 22.8 Å². The molecule has 0 fully saturated rings. The second-order valence-corrected chi connectivity index (χ2v) is 5.96. The summed E-state index contributed by atoms with van der Waals surface area (Å²) < 4.78 is 11.2. The summed E-state index contributed by atoms with van der Waals surface area (Å²) in [5.74, 6) is 1.08. The van der Waals surface area contributed by atoms with Crippen LogP contribution in [-0.4, -0.2) is 18.2 Å². The van der Waals surface area contributed by atoms with Crippen LogP contribution in [0.2, 0.25) is 0 Å². The number of ketones is 2. The quantitative estimate of drug-likeness (QED) is 0.801. The van der Waals surface area contributed by atoms with Crippen LogP contribution in [0.5, 0.6) is 11.5 Å². The Bertz CT molecular complexity index is 862. The van der Waals surface area contributed by atoms with Crippen molar-refractivity contribution >= 4 is 17.6 Å². The summed E-state index contributed by atoms with van der Waals surface area (Å²) in [6.45, 7) is 5.29. The highest BCUT2D eigenvalue weighted by Crippen LogP contribution is 2.37. The molecule has 0 amide bonds. The summed E-state index contributed by atoms with van der Waals surface area (Å²) in [6.07, 6.45) is 1.74. The Kier molecular flexibility index (Phi) is 4.21. The molecule has 3 rings (SSSR count). The van der Waals surface area contributed by atoms with Crippen molar-refractivity contribution in [3.8, 4) is 11.5 Å². The van der Waals surface area contributed by atoms with Gasteiger partial charge in [0.05, 0.1) is 5.56 Å². The minimum atomic E-state index is -0.137. The van der Waals surface area contributed by atoms with Crippen LogP contribution in [0.4, 0.5) is 0 Å². The number of hydrogen-bond acceptors (Lipinski definition) is 4. The third-order valence-electron chi connectivity index (χ3n) is 3.73. The summed E-state index contributed by atoms with van der Waals surface area (Å²) >= 11 is 0. The van der Waals surface area contributed by atoms with Gasteiger partial charge in [-0.3, -0.25) is 9.59 Å². The van der Waals surface area contributed by atoms with Crippen LogP contribution in [-0.2, 0) is 4.79 Å². The number of ether oxygens (including phenoxy) is 2. The van der Waals surface area contributed by atoms with Crippen molar-refractivity contribution in [2.24, 2.45) is 0 Å². The van der Waals surface area contributed by atoms with Crippen LogP contribution < -0.4 is 9.47 Å². The van der Waals surface area contributed by atoms with E-state index in [9.17, 15) is 9.59 Å². The van der Waals surface area contributed by atoms with E-state index in [-0.39, 0.29) is 18.2 Å². The molecule has 1 aliphatic rings. The number of rotatable bonds is 4. The van der Waals surface area contributed by atoms with Gasteiger partial charge >= 0.3 is 0 Å². The van der Waals surface area contributed by atoms with Gasteiger partial charge in [0.1, 0.15) is 18.1 Å². The van der Waals surface area contributed by atoms with E-state index < -0.39 is 0 Å². The summed E-state index contributed by atoms with van der Waals surface area (Å²) in [5, 5.41) is 0. The first kappa shape index (κ1) is 16.0.